The molecule has 0 aliphatic rings. The number of hydrogen-bond donors (Lipinski definition) is 0. The topological polar surface area (TPSA) is 13.1 Å². The van der Waals surface area contributed by atoms with E-state index in [-0.39, 0.29) is 0 Å². The van der Waals surface area contributed by atoms with Crippen LogP contribution in [0.4, 0.5) is 0 Å². The van der Waals surface area contributed by atoms with Gasteiger partial charge < -0.3 is 4.42 Å². The molecule has 0 radical (unpaired) electrons. The highest BCUT2D eigenvalue weighted by Crippen LogP contribution is 1.99. The molecule has 1 heteroatoms. The number of furan rings is 1. The molecule has 0 unspecified atom stereocenters. The van der Waals surface area contributed by atoms with Gasteiger partial charge in [-0.15, -0.1) is 0 Å². The van der Waals surface area contributed by atoms with Crippen LogP contribution in [0.2, 0.25) is 0 Å². The Hall–Kier alpha value is -1.16. The van der Waals surface area contributed by atoms with Gasteiger partial charge in [-0.1, -0.05) is 33.6 Å². The normalized spacial score (nSPS) is 8.38. The molecule has 0 fully saturated rings. The van der Waals surface area contributed by atoms with E-state index in [4.69, 9.17) is 4.42 Å². The van der Waals surface area contributed by atoms with Crippen LogP contribution in [0.3, 0.4) is 0 Å². The lowest BCUT2D eigenvalue weighted by atomic mass is 10.1. The van der Waals surface area contributed by atoms with E-state index in [0.717, 1.165) is 12.2 Å². The second-order valence-corrected chi connectivity index (χ2v) is 2.88. The van der Waals surface area contributed by atoms with Gasteiger partial charge >= 0.3 is 0 Å². The van der Waals surface area contributed by atoms with Gasteiger partial charge in [-0.05, 0) is 24.0 Å². The van der Waals surface area contributed by atoms with Crippen LogP contribution in [-0.2, 0) is 0 Å². The van der Waals surface area contributed by atoms with E-state index in [0.29, 0.717) is 5.92 Å². The number of hydrogen-bond acceptors (Lipinski definition) is 1. The van der Waals surface area contributed by atoms with E-state index >= 15 is 0 Å². The molecule has 13 heavy (non-hydrogen) atoms. The van der Waals surface area contributed by atoms with E-state index in [1.54, 1.807) is 6.26 Å². The first-order valence-electron chi connectivity index (χ1n) is 4.81. The van der Waals surface area contributed by atoms with Crippen LogP contribution in [0.5, 0.6) is 0 Å². The summed E-state index contributed by atoms with van der Waals surface area (Å²) in [6.07, 6.45) is 2.57. The van der Waals surface area contributed by atoms with Crippen molar-refractivity contribution in [2.75, 3.05) is 0 Å². The highest BCUT2D eigenvalue weighted by Gasteiger charge is 1.88. The quantitative estimate of drug-likeness (QED) is 0.597. The fourth-order valence-corrected chi connectivity index (χ4v) is 0.692. The molecule has 1 rings (SSSR count). The highest BCUT2D eigenvalue weighted by atomic mass is 16.3. The SMILES string of the molecule is CC.CC(C)CC#Cc1ccco1. The maximum Gasteiger partial charge on any atom is 0.176 e. The summed E-state index contributed by atoms with van der Waals surface area (Å²) in [5.41, 5.74) is 0. The zero-order chi connectivity index (χ0) is 10.1. The fraction of sp³-hybridized carbons (Fsp3) is 0.500. The van der Waals surface area contributed by atoms with Gasteiger partial charge in [-0.2, -0.15) is 0 Å². The summed E-state index contributed by atoms with van der Waals surface area (Å²) in [5.74, 6) is 7.37. The lowest BCUT2D eigenvalue weighted by Crippen LogP contribution is -1.81. The van der Waals surface area contributed by atoms with E-state index in [1.807, 2.05) is 26.0 Å². The Labute approximate surface area is 81.2 Å². The van der Waals surface area contributed by atoms with Crippen LogP contribution in [-0.4, -0.2) is 0 Å². The molecule has 0 bridgehead atoms. The van der Waals surface area contributed by atoms with Gasteiger partial charge in [0.25, 0.3) is 0 Å². The van der Waals surface area contributed by atoms with Crippen molar-refractivity contribution in [3.05, 3.63) is 24.2 Å². The monoisotopic (exact) mass is 178 g/mol. The first-order chi connectivity index (χ1) is 6.29. The third-order valence-corrected chi connectivity index (χ3v) is 1.24. The average Bonchev–Trinajstić information content (AvgIpc) is 2.60. The van der Waals surface area contributed by atoms with Crippen LogP contribution in [0.25, 0.3) is 0 Å². The van der Waals surface area contributed by atoms with Gasteiger partial charge in [0.05, 0.1) is 6.26 Å². The third kappa shape index (κ3) is 6.04. The maximum atomic E-state index is 5.04. The van der Waals surface area contributed by atoms with E-state index in [2.05, 4.69) is 25.7 Å². The Morgan fingerprint density at radius 3 is 2.54 bits per heavy atom. The predicted molar refractivity (Wildman–Crippen MR) is 56.4 cm³/mol. The largest absolute Gasteiger partial charge is 0.456 e. The molecule has 0 aromatic carbocycles. The fourth-order valence-electron chi connectivity index (χ4n) is 0.692. The predicted octanol–water partition coefficient (Wildman–Crippen LogP) is 3.70. The third-order valence-electron chi connectivity index (χ3n) is 1.24. The summed E-state index contributed by atoms with van der Waals surface area (Å²) in [4.78, 5) is 0. The van der Waals surface area contributed by atoms with Crippen molar-refractivity contribution < 1.29 is 4.42 Å². The second-order valence-electron chi connectivity index (χ2n) is 2.88. The Balaban J connectivity index is 0.000000671. The molecule has 0 saturated heterocycles. The first-order valence-corrected chi connectivity index (χ1v) is 4.81. The smallest absolute Gasteiger partial charge is 0.176 e. The maximum absolute atomic E-state index is 5.04. The lowest BCUT2D eigenvalue weighted by molar-refractivity contribution is 0.554. The highest BCUT2D eigenvalue weighted by molar-refractivity contribution is 5.23. The van der Waals surface area contributed by atoms with Crippen molar-refractivity contribution in [2.45, 2.75) is 34.1 Å². The van der Waals surface area contributed by atoms with E-state index in [9.17, 15) is 0 Å². The minimum atomic E-state index is 0.637. The van der Waals surface area contributed by atoms with Crippen LogP contribution in [0, 0.1) is 17.8 Å². The van der Waals surface area contributed by atoms with Crippen LogP contribution in [0.1, 0.15) is 39.9 Å². The van der Waals surface area contributed by atoms with Crippen molar-refractivity contribution in [3.63, 3.8) is 0 Å². The molecule has 0 aliphatic heterocycles. The molecule has 1 heterocycles. The molecule has 0 atom stereocenters. The molecule has 0 saturated carbocycles. The number of rotatable bonds is 1. The Morgan fingerprint density at radius 1 is 1.38 bits per heavy atom. The molecule has 72 valence electrons. The summed E-state index contributed by atoms with van der Waals surface area (Å²) in [6.45, 7) is 8.30. The molecule has 0 spiro atoms. The Bertz CT molecular complexity index is 246. The van der Waals surface area contributed by atoms with Gasteiger partial charge in [-0.3, -0.25) is 0 Å². The van der Waals surface area contributed by atoms with Crippen LogP contribution >= 0.6 is 0 Å². The van der Waals surface area contributed by atoms with Crippen molar-refractivity contribution in [1.29, 1.82) is 0 Å². The summed E-state index contributed by atoms with van der Waals surface area (Å²) < 4.78 is 5.04. The summed E-state index contributed by atoms with van der Waals surface area (Å²) in [6, 6.07) is 3.71. The summed E-state index contributed by atoms with van der Waals surface area (Å²) >= 11 is 0. The Kier molecular flexibility index (Phi) is 6.82. The van der Waals surface area contributed by atoms with E-state index in [1.165, 1.54) is 0 Å². The summed E-state index contributed by atoms with van der Waals surface area (Å²) in [7, 11) is 0. The van der Waals surface area contributed by atoms with Crippen molar-refractivity contribution in [2.24, 2.45) is 5.92 Å². The zero-order valence-corrected chi connectivity index (χ0v) is 8.92. The molecule has 1 aromatic heterocycles. The second kappa shape index (κ2) is 7.49. The minimum Gasteiger partial charge on any atom is -0.456 e. The van der Waals surface area contributed by atoms with Crippen LogP contribution < -0.4 is 0 Å². The van der Waals surface area contributed by atoms with Crippen LogP contribution in [0.15, 0.2) is 22.8 Å². The Morgan fingerprint density at radius 2 is 2.08 bits per heavy atom. The van der Waals surface area contributed by atoms with Gasteiger partial charge in [0.1, 0.15) is 0 Å². The van der Waals surface area contributed by atoms with Gasteiger partial charge in [0.2, 0.25) is 0 Å². The molecule has 1 aromatic rings. The van der Waals surface area contributed by atoms with Gasteiger partial charge in [0, 0.05) is 6.42 Å². The molecular formula is C12H18O. The first kappa shape index (κ1) is 11.8. The van der Waals surface area contributed by atoms with E-state index < -0.39 is 0 Å². The van der Waals surface area contributed by atoms with Gasteiger partial charge in [0.15, 0.2) is 5.76 Å². The standard InChI is InChI=1S/C10H12O.C2H6/c1-9(2)5-3-6-10-7-4-8-11-10;1-2/h4,7-9H,5H2,1-2H3;1-2H3. The molecule has 1 nitrogen and oxygen atoms in total. The molecule has 0 amide bonds. The zero-order valence-electron chi connectivity index (χ0n) is 8.92. The molecular weight excluding hydrogens is 160 g/mol. The van der Waals surface area contributed by atoms with Crippen molar-refractivity contribution in [3.8, 4) is 11.8 Å². The molecule has 0 aliphatic carbocycles. The minimum absolute atomic E-state index is 0.637. The van der Waals surface area contributed by atoms with Crippen molar-refractivity contribution in [1.82, 2.24) is 0 Å². The lowest BCUT2D eigenvalue weighted by Gasteiger charge is -1.91. The average molecular weight is 178 g/mol. The van der Waals surface area contributed by atoms with Gasteiger partial charge in [-0.25, -0.2) is 0 Å². The van der Waals surface area contributed by atoms with Crippen molar-refractivity contribution >= 4 is 0 Å². The molecule has 0 N–H and O–H groups in total. The summed E-state index contributed by atoms with van der Waals surface area (Å²) in [5, 5.41) is 0.